The molecule has 1 atom stereocenters. The monoisotopic (exact) mass is 255 g/mol. The first-order chi connectivity index (χ1) is 9.29. The molecule has 1 aliphatic carbocycles. The van der Waals surface area contributed by atoms with E-state index in [0.29, 0.717) is 5.71 Å². The van der Waals surface area contributed by atoms with Gasteiger partial charge in [-0.15, -0.1) is 0 Å². The zero-order chi connectivity index (χ0) is 13.2. The molecule has 1 N–H and O–H groups in total. The summed E-state index contributed by atoms with van der Waals surface area (Å²) >= 11 is 0. The predicted molar refractivity (Wildman–Crippen MR) is 72.2 cm³/mol. The topological polar surface area (TPSA) is 32.6 Å². The number of hydrogen-bond acceptors (Lipinski definition) is 2. The first-order valence-corrected chi connectivity index (χ1v) is 6.35. The van der Waals surface area contributed by atoms with Crippen molar-refractivity contribution in [1.82, 2.24) is 0 Å². The number of oxime groups is 1. The van der Waals surface area contributed by atoms with Gasteiger partial charge in [0.1, 0.15) is 5.82 Å². The number of benzene rings is 2. The summed E-state index contributed by atoms with van der Waals surface area (Å²) in [7, 11) is 0. The molecule has 1 aliphatic rings. The van der Waals surface area contributed by atoms with Crippen LogP contribution in [0.15, 0.2) is 53.7 Å². The molecule has 0 spiro atoms. The molecule has 0 aromatic heterocycles. The van der Waals surface area contributed by atoms with Gasteiger partial charge in [0, 0.05) is 11.5 Å². The SMILES string of the molecule is O/N=C1\c2ccc(F)cc2CC[C@H]1c1ccccc1. The van der Waals surface area contributed by atoms with Crippen molar-refractivity contribution in [2.24, 2.45) is 5.16 Å². The van der Waals surface area contributed by atoms with Gasteiger partial charge in [-0.25, -0.2) is 4.39 Å². The fraction of sp³-hybridized carbons (Fsp3) is 0.188. The molecule has 2 aromatic carbocycles. The summed E-state index contributed by atoms with van der Waals surface area (Å²) in [4.78, 5) is 0. The van der Waals surface area contributed by atoms with Gasteiger partial charge in [-0.2, -0.15) is 0 Å². The maximum Gasteiger partial charge on any atom is 0.123 e. The van der Waals surface area contributed by atoms with Gasteiger partial charge in [-0.3, -0.25) is 0 Å². The van der Waals surface area contributed by atoms with E-state index in [1.54, 1.807) is 6.07 Å². The standard InChI is InChI=1S/C16H14FNO/c17-13-7-9-15-12(10-13)6-8-14(16(15)18-19)11-4-2-1-3-5-11/h1-5,7,9-10,14,19H,6,8H2/b18-16-/t14-/m0/s1. The van der Waals surface area contributed by atoms with Gasteiger partial charge in [0.25, 0.3) is 0 Å². The maximum atomic E-state index is 13.2. The molecule has 3 rings (SSSR count). The summed E-state index contributed by atoms with van der Waals surface area (Å²) in [5.74, 6) is -0.168. The zero-order valence-corrected chi connectivity index (χ0v) is 10.4. The van der Waals surface area contributed by atoms with E-state index in [2.05, 4.69) is 5.16 Å². The average Bonchev–Trinajstić information content (AvgIpc) is 2.46. The Kier molecular flexibility index (Phi) is 3.03. The molecular formula is C16H14FNO. The van der Waals surface area contributed by atoms with Crippen LogP contribution in [0.5, 0.6) is 0 Å². The lowest BCUT2D eigenvalue weighted by Gasteiger charge is -2.26. The lowest BCUT2D eigenvalue weighted by Crippen LogP contribution is -2.22. The van der Waals surface area contributed by atoms with E-state index >= 15 is 0 Å². The second-order valence-corrected chi connectivity index (χ2v) is 4.79. The number of halogens is 1. The van der Waals surface area contributed by atoms with E-state index in [-0.39, 0.29) is 11.7 Å². The third-order valence-electron chi connectivity index (χ3n) is 3.69. The van der Waals surface area contributed by atoms with Gasteiger partial charge < -0.3 is 5.21 Å². The summed E-state index contributed by atoms with van der Waals surface area (Å²) in [6.07, 6.45) is 1.63. The van der Waals surface area contributed by atoms with Crippen molar-refractivity contribution in [3.63, 3.8) is 0 Å². The molecule has 0 amide bonds. The Balaban J connectivity index is 2.06. The summed E-state index contributed by atoms with van der Waals surface area (Å²) in [5.41, 5.74) is 3.53. The fourth-order valence-electron chi connectivity index (χ4n) is 2.78. The number of nitrogens with zero attached hydrogens (tertiary/aromatic N) is 1. The Morgan fingerprint density at radius 2 is 1.89 bits per heavy atom. The van der Waals surface area contributed by atoms with Crippen LogP contribution in [0, 0.1) is 5.82 Å². The Labute approximate surface area is 111 Å². The molecule has 0 fully saturated rings. The van der Waals surface area contributed by atoms with Crippen LogP contribution in [0.25, 0.3) is 0 Å². The first-order valence-electron chi connectivity index (χ1n) is 6.35. The van der Waals surface area contributed by atoms with Gasteiger partial charge >= 0.3 is 0 Å². The molecule has 0 aliphatic heterocycles. The lowest BCUT2D eigenvalue weighted by atomic mass is 9.78. The number of fused-ring (bicyclic) bond motifs is 1. The van der Waals surface area contributed by atoms with Crippen LogP contribution >= 0.6 is 0 Å². The summed E-state index contributed by atoms with van der Waals surface area (Å²) < 4.78 is 13.2. The van der Waals surface area contributed by atoms with Crippen molar-refractivity contribution in [3.8, 4) is 0 Å². The largest absolute Gasteiger partial charge is 0.411 e. The number of rotatable bonds is 1. The van der Waals surface area contributed by atoms with Crippen molar-refractivity contribution in [3.05, 3.63) is 71.0 Å². The molecule has 0 bridgehead atoms. The Bertz CT molecular complexity index is 622. The molecule has 19 heavy (non-hydrogen) atoms. The molecule has 0 saturated heterocycles. The normalized spacial score (nSPS) is 20.3. The highest BCUT2D eigenvalue weighted by Gasteiger charge is 2.27. The van der Waals surface area contributed by atoms with Gasteiger partial charge in [-0.05, 0) is 42.2 Å². The molecule has 2 nitrogen and oxygen atoms in total. The second-order valence-electron chi connectivity index (χ2n) is 4.79. The van der Waals surface area contributed by atoms with Crippen LogP contribution in [0.4, 0.5) is 4.39 Å². The first kappa shape index (κ1) is 11.9. The Morgan fingerprint density at radius 1 is 1.11 bits per heavy atom. The van der Waals surface area contributed by atoms with Crippen LogP contribution in [-0.4, -0.2) is 10.9 Å². The highest BCUT2D eigenvalue weighted by molar-refractivity contribution is 6.06. The van der Waals surface area contributed by atoms with Gasteiger partial charge in [-0.1, -0.05) is 35.5 Å². The maximum absolute atomic E-state index is 13.2. The third kappa shape index (κ3) is 2.12. The van der Waals surface area contributed by atoms with E-state index < -0.39 is 0 Å². The molecule has 96 valence electrons. The molecule has 0 saturated carbocycles. The third-order valence-corrected chi connectivity index (χ3v) is 3.69. The van der Waals surface area contributed by atoms with E-state index in [1.807, 2.05) is 30.3 Å². The number of aryl methyl sites for hydroxylation is 1. The van der Waals surface area contributed by atoms with Crippen LogP contribution in [0.3, 0.4) is 0 Å². The smallest absolute Gasteiger partial charge is 0.123 e. The molecule has 0 heterocycles. The summed E-state index contributed by atoms with van der Waals surface area (Å²) in [5, 5.41) is 12.8. The molecule has 0 radical (unpaired) electrons. The molecular weight excluding hydrogens is 241 g/mol. The van der Waals surface area contributed by atoms with E-state index in [9.17, 15) is 9.60 Å². The molecule has 3 heteroatoms. The van der Waals surface area contributed by atoms with E-state index in [1.165, 1.54) is 12.1 Å². The fourth-order valence-corrected chi connectivity index (χ4v) is 2.78. The van der Waals surface area contributed by atoms with Crippen molar-refractivity contribution in [2.45, 2.75) is 18.8 Å². The Hall–Kier alpha value is -2.16. The molecule has 2 aromatic rings. The highest BCUT2D eigenvalue weighted by Crippen LogP contribution is 2.33. The lowest BCUT2D eigenvalue weighted by molar-refractivity contribution is 0.316. The highest BCUT2D eigenvalue weighted by atomic mass is 19.1. The minimum absolute atomic E-state index is 0.0733. The van der Waals surface area contributed by atoms with Gasteiger partial charge in [0.2, 0.25) is 0 Å². The summed E-state index contributed by atoms with van der Waals surface area (Å²) in [6.45, 7) is 0. The van der Waals surface area contributed by atoms with Crippen molar-refractivity contribution < 1.29 is 9.60 Å². The summed E-state index contributed by atoms with van der Waals surface area (Å²) in [6, 6.07) is 14.6. The predicted octanol–water partition coefficient (Wildman–Crippen LogP) is 3.73. The van der Waals surface area contributed by atoms with Gasteiger partial charge in [0.15, 0.2) is 0 Å². The van der Waals surface area contributed by atoms with Crippen molar-refractivity contribution in [2.75, 3.05) is 0 Å². The van der Waals surface area contributed by atoms with Crippen molar-refractivity contribution >= 4 is 5.71 Å². The Morgan fingerprint density at radius 3 is 2.63 bits per heavy atom. The minimum Gasteiger partial charge on any atom is -0.411 e. The second kappa shape index (κ2) is 4.84. The quantitative estimate of drug-likeness (QED) is 0.611. The van der Waals surface area contributed by atoms with Crippen molar-refractivity contribution in [1.29, 1.82) is 0 Å². The number of hydrogen-bond donors (Lipinski definition) is 1. The minimum atomic E-state index is -0.241. The molecule has 0 unspecified atom stereocenters. The zero-order valence-electron chi connectivity index (χ0n) is 10.4. The average molecular weight is 255 g/mol. The van der Waals surface area contributed by atoms with Crippen LogP contribution in [-0.2, 0) is 6.42 Å². The van der Waals surface area contributed by atoms with Gasteiger partial charge in [0.05, 0.1) is 5.71 Å². The van der Waals surface area contributed by atoms with E-state index in [0.717, 1.165) is 29.5 Å². The van der Waals surface area contributed by atoms with Crippen LogP contribution in [0.1, 0.15) is 29.0 Å². The van der Waals surface area contributed by atoms with Crippen LogP contribution in [0.2, 0.25) is 0 Å². The van der Waals surface area contributed by atoms with Crippen LogP contribution < -0.4 is 0 Å². The van der Waals surface area contributed by atoms with E-state index in [4.69, 9.17) is 0 Å².